The Morgan fingerprint density at radius 3 is 2.00 bits per heavy atom. The van der Waals surface area contributed by atoms with E-state index in [1.807, 2.05) is 0 Å². The Bertz CT molecular complexity index is 1090. The van der Waals surface area contributed by atoms with Gasteiger partial charge in [-0.15, -0.1) is 0 Å². The maximum atomic E-state index is 6.73. The minimum absolute atomic E-state index is 0.324. The minimum atomic E-state index is -1.16. The monoisotopic (exact) mass is 560 g/mol. The summed E-state index contributed by atoms with van der Waals surface area (Å²) in [5.41, 5.74) is 1.53. The number of aliphatic imine (C=N–C) groups is 1. The molecule has 1 heterocycles. The third-order valence-corrected chi connectivity index (χ3v) is 10.4. The molecule has 34 heavy (non-hydrogen) atoms. The van der Waals surface area contributed by atoms with E-state index in [4.69, 9.17) is 29.1 Å². The van der Waals surface area contributed by atoms with Crippen molar-refractivity contribution < 1.29 is 19.9 Å². The van der Waals surface area contributed by atoms with Crippen molar-refractivity contribution in [2.24, 2.45) is 10.4 Å². The van der Waals surface area contributed by atoms with Crippen molar-refractivity contribution in [1.82, 2.24) is 0 Å². The molecular weight excluding hydrogens is 534 g/mol. The number of benzene rings is 3. The quantitative estimate of drug-likeness (QED) is 0.266. The van der Waals surface area contributed by atoms with Gasteiger partial charge in [-0.2, -0.15) is 0 Å². The molecule has 6 heteroatoms. The van der Waals surface area contributed by atoms with Gasteiger partial charge in [-0.1, -0.05) is 55.0 Å². The van der Waals surface area contributed by atoms with Crippen molar-refractivity contribution in [3.8, 4) is 0 Å². The second kappa shape index (κ2) is 11.2. The van der Waals surface area contributed by atoms with E-state index < -0.39 is 23.1 Å². The molecule has 0 bridgehead atoms. The first-order chi connectivity index (χ1) is 16.8. The van der Waals surface area contributed by atoms with Crippen LogP contribution in [-0.4, -0.2) is 18.0 Å². The molecule has 0 radical (unpaired) electrons. The van der Waals surface area contributed by atoms with Crippen LogP contribution in [0.1, 0.15) is 44.1 Å². The average molecular weight is 563 g/mol. The number of hydrogen-bond donors (Lipinski definition) is 0. The van der Waals surface area contributed by atoms with Crippen molar-refractivity contribution in [3.05, 3.63) is 90.5 Å². The third-order valence-electron chi connectivity index (χ3n) is 7.61. The van der Waals surface area contributed by atoms with E-state index in [1.54, 1.807) is 0 Å². The van der Waals surface area contributed by atoms with Gasteiger partial charge in [0.15, 0.2) is 0 Å². The summed E-state index contributed by atoms with van der Waals surface area (Å²) < 4.78 is 6.73. The number of nitrogens with zero attached hydrogens (tertiary/aromatic N) is 1. The van der Waals surface area contributed by atoms with Gasteiger partial charge < -0.3 is 4.74 Å². The molecule has 0 saturated heterocycles. The van der Waals surface area contributed by atoms with Crippen LogP contribution >= 0.6 is 27.3 Å². The third kappa shape index (κ3) is 4.75. The maximum Gasteiger partial charge on any atom is 0.220 e. The van der Waals surface area contributed by atoms with Gasteiger partial charge >= 0.3 is 34.5 Å². The van der Waals surface area contributed by atoms with Crippen molar-refractivity contribution in [2.75, 3.05) is 0 Å². The van der Waals surface area contributed by atoms with Crippen LogP contribution < -0.4 is 15.9 Å². The predicted molar refractivity (Wildman–Crippen MR) is 144 cm³/mol. The Balaban J connectivity index is 0.000000764. The molecule has 2 nitrogen and oxygen atoms in total. The van der Waals surface area contributed by atoms with Crippen molar-refractivity contribution >= 4 is 49.1 Å². The maximum absolute atomic E-state index is 6.73. The van der Waals surface area contributed by atoms with Crippen LogP contribution in [0.25, 0.3) is 0 Å². The summed E-state index contributed by atoms with van der Waals surface area (Å²) in [7, 11) is 8.74. The Morgan fingerprint density at radius 1 is 0.794 bits per heavy atom. The second-order valence-corrected chi connectivity index (χ2v) is 16.4. The smallest absolute Gasteiger partial charge is 0.220 e. The first-order valence-electron chi connectivity index (χ1n) is 12.2. The van der Waals surface area contributed by atoms with E-state index in [0.717, 1.165) is 5.90 Å². The molecule has 3 aromatic carbocycles. The number of halogens is 2. The molecule has 6 rings (SSSR count). The Kier molecular flexibility index (Phi) is 8.07. The topological polar surface area (TPSA) is 21.6 Å². The minimum Gasteiger partial charge on any atom is -0.473 e. The number of ether oxygens (including phenoxy) is 1. The summed E-state index contributed by atoms with van der Waals surface area (Å²) in [6, 6.07) is 31.3. The molecule has 3 unspecified atom stereocenters. The fraction of sp³-hybridized carbons (Fsp3) is 0.321. The molecule has 0 N–H and O–H groups in total. The zero-order valence-electron chi connectivity index (χ0n) is 19.3. The van der Waals surface area contributed by atoms with E-state index >= 15 is 0 Å². The van der Waals surface area contributed by atoms with Crippen LogP contribution in [0.5, 0.6) is 0 Å². The fourth-order valence-electron chi connectivity index (χ4n) is 6.19. The predicted octanol–water partition coefficient (Wildman–Crippen LogP) is 6.42. The van der Waals surface area contributed by atoms with Crippen molar-refractivity contribution in [1.29, 1.82) is 0 Å². The summed E-state index contributed by atoms with van der Waals surface area (Å²) >= 11 is -0.931. The second-order valence-electron chi connectivity index (χ2n) is 9.33. The summed E-state index contributed by atoms with van der Waals surface area (Å²) in [6.07, 6.45) is 7.94. The summed E-state index contributed by atoms with van der Waals surface area (Å²) in [5, 5.41) is 4.18. The van der Waals surface area contributed by atoms with Gasteiger partial charge in [-0.3, -0.25) is 0 Å². The summed E-state index contributed by atoms with van der Waals surface area (Å²) in [4.78, 5) is 5.29. The van der Waals surface area contributed by atoms with E-state index in [9.17, 15) is 0 Å². The van der Waals surface area contributed by atoms with E-state index in [2.05, 4.69) is 84.9 Å². The van der Waals surface area contributed by atoms with Gasteiger partial charge in [0.25, 0.3) is 0 Å². The van der Waals surface area contributed by atoms with Gasteiger partial charge in [-0.25, -0.2) is 4.99 Å². The molecule has 2 aliphatic carbocycles. The molecule has 1 aliphatic heterocycles. The Hall–Kier alpha value is -1.24. The molecular formula is C28H29Cl2NOPZn+. The first kappa shape index (κ1) is 24.5. The van der Waals surface area contributed by atoms with Crippen molar-refractivity contribution in [3.63, 3.8) is 0 Å². The molecule has 0 aromatic heterocycles. The zero-order chi connectivity index (χ0) is 23.4. The van der Waals surface area contributed by atoms with Gasteiger partial charge in [0.05, 0.1) is 19.5 Å². The van der Waals surface area contributed by atoms with Crippen LogP contribution in [0, 0.1) is 5.41 Å². The molecule has 3 aliphatic rings. The Morgan fingerprint density at radius 2 is 1.35 bits per heavy atom. The van der Waals surface area contributed by atoms with Crippen LogP contribution in [0.4, 0.5) is 0 Å². The fourth-order valence-corrected chi connectivity index (χ4v) is 8.92. The Labute approximate surface area is 219 Å². The summed E-state index contributed by atoms with van der Waals surface area (Å²) in [6.45, 7) is 0. The van der Waals surface area contributed by atoms with Crippen LogP contribution in [0.3, 0.4) is 0 Å². The normalized spacial score (nSPS) is 24.7. The SMILES string of the molecule is [Cl][Zn][Cl].c1ccc([PH+](c2ccccc2)c2ccccc2C2=NC3CCCC34CCCC4O2)cc1. The largest absolute Gasteiger partial charge is 0.473 e. The zero-order valence-corrected chi connectivity index (χ0v) is 24.8. The first-order valence-corrected chi connectivity index (χ1v) is 21.5. The van der Waals surface area contributed by atoms with Gasteiger partial charge in [0.2, 0.25) is 5.90 Å². The van der Waals surface area contributed by atoms with Crippen LogP contribution in [0.2, 0.25) is 0 Å². The molecule has 1 spiro atoms. The van der Waals surface area contributed by atoms with Gasteiger partial charge in [0, 0.05) is 5.41 Å². The van der Waals surface area contributed by atoms with E-state index in [0.29, 0.717) is 17.6 Å². The standard InChI is InChI=1S/C28H28NOP.2ClH.Zn/c1-3-11-21(12-4-1)31(22-13-5-2-6-14-22)24-16-8-7-15-23(24)27-29-25-17-9-19-28(25)20-10-18-26(28)30-27;;;/h1-8,11-16,25-26H,9-10,17-20H2;2*1H;/q;;;+2/p-1. The van der Waals surface area contributed by atoms with Gasteiger partial charge in [-0.05, 0) is 68.5 Å². The number of hydrogen-bond acceptors (Lipinski definition) is 2. The molecule has 172 valence electrons. The number of rotatable bonds is 4. The van der Waals surface area contributed by atoms with E-state index in [1.165, 1.54) is 60.0 Å². The average Bonchev–Trinajstić information content (AvgIpc) is 3.50. The molecule has 0 amide bonds. The molecule has 3 atom stereocenters. The van der Waals surface area contributed by atoms with E-state index in [-0.39, 0.29) is 0 Å². The molecule has 2 fully saturated rings. The summed E-state index contributed by atoms with van der Waals surface area (Å²) in [5.74, 6) is 0.902. The van der Waals surface area contributed by atoms with Crippen LogP contribution in [0.15, 0.2) is 89.9 Å². The molecule has 2 saturated carbocycles. The van der Waals surface area contributed by atoms with Crippen LogP contribution in [-0.2, 0) is 19.9 Å². The van der Waals surface area contributed by atoms with Gasteiger partial charge in [0.1, 0.15) is 22.0 Å². The van der Waals surface area contributed by atoms with Crippen molar-refractivity contribution in [2.45, 2.75) is 50.7 Å². The molecule has 3 aromatic rings.